The SMILES string of the molecule is CC(C)Oc1ccccc1Nc1cc(C(=O)N(C)c2ccccc2)ncn1. The molecule has 1 heterocycles. The molecule has 0 spiro atoms. The summed E-state index contributed by atoms with van der Waals surface area (Å²) in [6.45, 7) is 3.94. The highest BCUT2D eigenvalue weighted by Crippen LogP contribution is 2.27. The van der Waals surface area contributed by atoms with Gasteiger partial charge in [0.1, 0.15) is 23.6 Å². The average molecular weight is 362 g/mol. The predicted molar refractivity (Wildman–Crippen MR) is 107 cm³/mol. The Morgan fingerprint density at radius 1 is 1.04 bits per heavy atom. The summed E-state index contributed by atoms with van der Waals surface area (Å²) in [4.78, 5) is 22.6. The first kappa shape index (κ1) is 18.4. The Labute approximate surface area is 158 Å². The Bertz CT molecular complexity index is 913. The zero-order valence-corrected chi connectivity index (χ0v) is 15.6. The monoisotopic (exact) mass is 362 g/mol. The summed E-state index contributed by atoms with van der Waals surface area (Å²) in [6, 6.07) is 18.7. The molecular formula is C21H22N4O2. The van der Waals surface area contributed by atoms with Crippen LogP contribution in [0.3, 0.4) is 0 Å². The number of anilines is 3. The molecule has 27 heavy (non-hydrogen) atoms. The van der Waals surface area contributed by atoms with Crippen LogP contribution in [0.2, 0.25) is 0 Å². The lowest BCUT2D eigenvalue weighted by molar-refractivity contribution is 0.0988. The number of nitrogens with zero attached hydrogens (tertiary/aromatic N) is 3. The fourth-order valence-corrected chi connectivity index (χ4v) is 2.55. The molecule has 0 unspecified atom stereocenters. The lowest BCUT2D eigenvalue weighted by Gasteiger charge is -2.17. The number of rotatable bonds is 6. The van der Waals surface area contributed by atoms with E-state index in [1.54, 1.807) is 18.0 Å². The number of carbonyl (C=O) groups excluding carboxylic acids is 1. The van der Waals surface area contributed by atoms with Crippen LogP contribution < -0.4 is 15.0 Å². The number of ether oxygens (including phenoxy) is 1. The van der Waals surface area contributed by atoms with Crippen molar-refractivity contribution in [3.8, 4) is 5.75 Å². The van der Waals surface area contributed by atoms with Crippen LogP contribution >= 0.6 is 0 Å². The third-order valence-electron chi connectivity index (χ3n) is 3.85. The van der Waals surface area contributed by atoms with E-state index < -0.39 is 0 Å². The molecule has 3 rings (SSSR count). The summed E-state index contributed by atoms with van der Waals surface area (Å²) < 4.78 is 5.81. The van der Waals surface area contributed by atoms with Crippen molar-refractivity contribution in [1.29, 1.82) is 0 Å². The minimum Gasteiger partial charge on any atom is -0.489 e. The van der Waals surface area contributed by atoms with E-state index in [4.69, 9.17) is 4.74 Å². The summed E-state index contributed by atoms with van der Waals surface area (Å²) in [5.74, 6) is 1.04. The van der Waals surface area contributed by atoms with Crippen molar-refractivity contribution in [1.82, 2.24) is 9.97 Å². The second kappa shape index (κ2) is 8.31. The van der Waals surface area contributed by atoms with Crippen LogP contribution in [-0.4, -0.2) is 29.0 Å². The van der Waals surface area contributed by atoms with Gasteiger partial charge in [-0.15, -0.1) is 0 Å². The highest BCUT2D eigenvalue weighted by molar-refractivity contribution is 6.04. The van der Waals surface area contributed by atoms with Crippen LogP contribution in [0, 0.1) is 0 Å². The second-order valence-corrected chi connectivity index (χ2v) is 6.28. The normalized spacial score (nSPS) is 10.5. The summed E-state index contributed by atoms with van der Waals surface area (Å²) in [7, 11) is 1.72. The van der Waals surface area contributed by atoms with E-state index in [1.807, 2.05) is 68.4 Å². The van der Waals surface area contributed by atoms with Crippen LogP contribution in [-0.2, 0) is 0 Å². The van der Waals surface area contributed by atoms with Crippen molar-refractivity contribution in [3.63, 3.8) is 0 Å². The van der Waals surface area contributed by atoms with Gasteiger partial charge in [0.15, 0.2) is 0 Å². The maximum absolute atomic E-state index is 12.7. The zero-order chi connectivity index (χ0) is 19.2. The van der Waals surface area contributed by atoms with E-state index in [1.165, 1.54) is 6.33 Å². The van der Waals surface area contributed by atoms with Gasteiger partial charge in [-0.1, -0.05) is 30.3 Å². The van der Waals surface area contributed by atoms with Gasteiger partial charge in [0, 0.05) is 18.8 Å². The van der Waals surface area contributed by atoms with Crippen LogP contribution in [0.1, 0.15) is 24.3 Å². The van der Waals surface area contributed by atoms with Crippen molar-refractivity contribution in [2.45, 2.75) is 20.0 Å². The summed E-state index contributed by atoms with van der Waals surface area (Å²) in [6.07, 6.45) is 1.43. The average Bonchev–Trinajstić information content (AvgIpc) is 2.69. The molecule has 1 N–H and O–H groups in total. The molecule has 6 heteroatoms. The highest BCUT2D eigenvalue weighted by atomic mass is 16.5. The number of nitrogens with one attached hydrogen (secondary N) is 1. The number of amides is 1. The van der Waals surface area contributed by atoms with Crippen LogP contribution in [0.15, 0.2) is 67.0 Å². The van der Waals surface area contributed by atoms with Crippen molar-refractivity contribution in [2.75, 3.05) is 17.3 Å². The number of aromatic nitrogens is 2. The van der Waals surface area contributed by atoms with E-state index in [-0.39, 0.29) is 12.0 Å². The van der Waals surface area contributed by atoms with Gasteiger partial charge in [0.2, 0.25) is 0 Å². The Morgan fingerprint density at radius 2 is 1.74 bits per heavy atom. The van der Waals surface area contributed by atoms with Gasteiger partial charge in [-0.25, -0.2) is 9.97 Å². The molecule has 1 amide bonds. The van der Waals surface area contributed by atoms with Crippen LogP contribution in [0.5, 0.6) is 5.75 Å². The minimum atomic E-state index is -0.210. The zero-order valence-electron chi connectivity index (χ0n) is 15.6. The van der Waals surface area contributed by atoms with Crippen molar-refractivity contribution in [2.24, 2.45) is 0 Å². The van der Waals surface area contributed by atoms with Crippen molar-refractivity contribution in [3.05, 3.63) is 72.7 Å². The van der Waals surface area contributed by atoms with Gasteiger partial charge in [0.25, 0.3) is 5.91 Å². The molecule has 0 saturated heterocycles. The first-order valence-corrected chi connectivity index (χ1v) is 8.72. The fourth-order valence-electron chi connectivity index (χ4n) is 2.55. The van der Waals surface area contributed by atoms with Crippen LogP contribution in [0.4, 0.5) is 17.2 Å². The number of benzene rings is 2. The molecule has 0 aliphatic heterocycles. The topological polar surface area (TPSA) is 67.3 Å². The smallest absolute Gasteiger partial charge is 0.276 e. The number of para-hydroxylation sites is 3. The third-order valence-corrected chi connectivity index (χ3v) is 3.85. The van der Waals surface area contributed by atoms with E-state index >= 15 is 0 Å². The van der Waals surface area contributed by atoms with Gasteiger partial charge in [0.05, 0.1) is 11.8 Å². The molecule has 0 atom stereocenters. The number of carbonyl (C=O) groups is 1. The minimum absolute atomic E-state index is 0.0509. The number of hydrogen-bond acceptors (Lipinski definition) is 5. The van der Waals surface area contributed by atoms with E-state index in [0.29, 0.717) is 11.5 Å². The molecule has 0 radical (unpaired) electrons. The quantitative estimate of drug-likeness (QED) is 0.709. The molecular weight excluding hydrogens is 340 g/mol. The summed E-state index contributed by atoms with van der Waals surface area (Å²) >= 11 is 0. The molecule has 6 nitrogen and oxygen atoms in total. The Morgan fingerprint density at radius 3 is 2.48 bits per heavy atom. The van der Waals surface area contributed by atoms with Gasteiger partial charge in [-0.3, -0.25) is 4.79 Å². The van der Waals surface area contributed by atoms with Gasteiger partial charge in [-0.05, 0) is 38.1 Å². The highest BCUT2D eigenvalue weighted by Gasteiger charge is 2.16. The molecule has 3 aromatic rings. The summed E-state index contributed by atoms with van der Waals surface area (Å²) in [5, 5.41) is 3.20. The predicted octanol–water partition coefficient (Wildman–Crippen LogP) is 4.28. The molecule has 0 fully saturated rings. The van der Waals surface area contributed by atoms with E-state index in [0.717, 1.165) is 17.1 Å². The second-order valence-electron chi connectivity index (χ2n) is 6.28. The standard InChI is InChI=1S/C21H22N4O2/c1-15(2)27-19-12-8-7-11-17(19)24-20-13-18(22-14-23-20)21(26)25(3)16-9-5-4-6-10-16/h4-15H,1-3H3,(H,22,23,24). The Balaban J connectivity index is 1.81. The van der Waals surface area contributed by atoms with Gasteiger partial charge in [-0.2, -0.15) is 0 Å². The van der Waals surface area contributed by atoms with Crippen LogP contribution in [0.25, 0.3) is 0 Å². The Hall–Kier alpha value is -3.41. The fraction of sp³-hybridized carbons (Fsp3) is 0.190. The third kappa shape index (κ3) is 4.61. The molecule has 0 aliphatic carbocycles. The maximum atomic E-state index is 12.7. The van der Waals surface area contributed by atoms with Crippen molar-refractivity contribution < 1.29 is 9.53 Å². The van der Waals surface area contributed by atoms with E-state index in [9.17, 15) is 4.79 Å². The molecule has 0 bridgehead atoms. The molecule has 0 saturated carbocycles. The Kier molecular flexibility index (Phi) is 5.66. The van der Waals surface area contributed by atoms with Crippen molar-refractivity contribution >= 4 is 23.1 Å². The summed E-state index contributed by atoms with van der Waals surface area (Å²) in [5.41, 5.74) is 1.88. The number of hydrogen-bond donors (Lipinski definition) is 1. The molecule has 1 aromatic heterocycles. The molecule has 0 aliphatic rings. The molecule has 138 valence electrons. The molecule has 2 aromatic carbocycles. The first-order chi connectivity index (χ1) is 13.0. The first-order valence-electron chi connectivity index (χ1n) is 8.72. The lowest BCUT2D eigenvalue weighted by atomic mass is 10.2. The van der Waals surface area contributed by atoms with Gasteiger partial charge >= 0.3 is 0 Å². The maximum Gasteiger partial charge on any atom is 0.276 e. The largest absolute Gasteiger partial charge is 0.489 e. The lowest BCUT2D eigenvalue weighted by Crippen LogP contribution is -2.27. The van der Waals surface area contributed by atoms with E-state index in [2.05, 4.69) is 15.3 Å². The van der Waals surface area contributed by atoms with Gasteiger partial charge < -0.3 is 15.0 Å².